The van der Waals surface area contributed by atoms with Crippen LogP contribution in [0.1, 0.15) is 46.1 Å². The summed E-state index contributed by atoms with van der Waals surface area (Å²) in [4.78, 5) is 18.0. The Morgan fingerprint density at radius 1 is 1.00 bits per heavy atom. The van der Waals surface area contributed by atoms with Crippen molar-refractivity contribution in [2.45, 2.75) is 32.1 Å². The van der Waals surface area contributed by atoms with Gasteiger partial charge in [0, 0.05) is 44.3 Å². The van der Waals surface area contributed by atoms with Gasteiger partial charge in [-0.05, 0) is 63.1 Å². The molecule has 1 amide bonds. The molecule has 0 atom stereocenters. The topological polar surface area (TPSA) is 66.3 Å². The second kappa shape index (κ2) is 9.45. The molecule has 1 aromatic heterocycles. The van der Waals surface area contributed by atoms with Crippen LogP contribution in [0.25, 0.3) is 5.69 Å². The Hall–Kier alpha value is -3.03. The van der Waals surface area contributed by atoms with Crippen molar-refractivity contribution in [1.82, 2.24) is 24.8 Å². The molecule has 2 aromatic carbocycles. The van der Waals surface area contributed by atoms with Crippen molar-refractivity contribution in [3.63, 3.8) is 0 Å². The summed E-state index contributed by atoms with van der Waals surface area (Å²) in [5, 5.41) is 11.6. The lowest BCUT2D eigenvalue weighted by Gasteiger charge is -2.32. The molecule has 0 unspecified atom stereocenters. The maximum Gasteiger partial charge on any atom is 0.278 e. The molecule has 1 saturated carbocycles. The van der Waals surface area contributed by atoms with Crippen LogP contribution < -0.4 is 5.32 Å². The Morgan fingerprint density at radius 3 is 2.36 bits per heavy atom. The summed E-state index contributed by atoms with van der Waals surface area (Å²) in [6.45, 7) is 7.69. The Balaban J connectivity index is 1.24. The number of aromatic nitrogens is 3. The average Bonchev–Trinajstić information content (AvgIpc) is 3.58. The van der Waals surface area contributed by atoms with Gasteiger partial charge in [-0.25, -0.2) is 4.68 Å². The molecule has 1 saturated heterocycles. The highest BCUT2D eigenvalue weighted by Gasteiger charge is 2.34. The maximum atomic E-state index is 13.1. The van der Waals surface area contributed by atoms with E-state index in [0.717, 1.165) is 69.1 Å². The van der Waals surface area contributed by atoms with Crippen LogP contribution in [0.2, 0.25) is 0 Å². The van der Waals surface area contributed by atoms with Gasteiger partial charge in [0.1, 0.15) is 0 Å². The van der Waals surface area contributed by atoms with Gasteiger partial charge in [-0.1, -0.05) is 35.0 Å². The van der Waals surface area contributed by atoms with Gasteiger partial charge >= 0.3 is 0 Å². The largest absolute Gasteiger partial charge is 0.321 e. The standard InChI is InChI=1S/C26H32N6O/c1-19-3-11-23(12-4-19)32-25(21-7-8-21)24(28-29-32)26(33)27-22-9-5-20(6-10-22)13-14-31-17-15-30(2)16-18-31/h3-6,9-12,21H,7-8,13-18H2,1-2H3,(H,27,33). The van der Waals surface area contributed by atoms with E-state index in [1.807, 2.05) is 28.9 Å². The number of amides is 1. The zero-order valence-corrected chi connectivity index (χ0v) is 19.5. The first kappa shape index (κ1) is 21.8. The molecular weight excluding hydrogens is 412 g/mol. The highest BCUT2D eigenvalue weighted by molar-refractivity contribution is 6.03. The Morgan fingerprint density at radius 2 is 1.70 bits per heavy atom. The number of likely N-dealkylation sites (N-methyl/N-ethyl adjacent to an activating group) is 1. The summed E-state index contributed by atoms with van der Waals surface area (Å²) in [6.07, 6.45) is 3.16. The fraction of sp³-hybridized carbons (Fsp3) is 0.423. The van der Waals surface area contributed by atoms with Crippen LogP contribution in [0, 0.1) is 6.92 Å². The molecule has 3 aromatic rings. The van der Waals surface area contributed by atoms with Crippen LogP contribution >= 0.6 is 0 Å². The van der Waals surface area contributed by atoms with Crippen LogP contribution in [0.15, 0.2) is 48.5 Å². The van der Waals surface area contributed by atoms with E-state index in [1.54, 1.807) is 0 Å². The van der Waals surface area contributed by atoms with Crippen molar-refractivity contribution in [1.29, 1.82) is 0 Å². The molecule has 1 aliphatic heterocycles. The minimum Gasteiger partial charge on any atom is -0.321 e. The van der Waals surface area contributed by atoms with E-state index in [0.29, 0.717) is 11.6 Å². The molecule has 7 heteroatoms. The van der Waals surface area contributed by atoms with E-state index in [9.17, 15) is 4.79 Å². The molecule has 0 bridgehead atoms. The summed E-state index contributed by atoms with van der Waals surface area (Å²) in [6, 6.07) is 16.3. The number of anilines is 1. The van der Waals surface area contributed by atoms with E-state index in [-0.39, 0.29) is 5.91 Å². The third-order valence-corrected chi connectivity index (χ3v) is 6.69. The molecule has 172 valence electrons. The molecule has 2 heterocycles. The summed E-state index contributed by atoms with van der Waals surface area (Å²) in [7, 11) is 2.18. The number of hydrogen-bond acceptors (Lipinski definition) is 5. The first-order valence-corrected chi connectivity index (χ1v) is 11.9. The quantitative estimate of drug-likeness (QED) is 0.604. The van der Waals surface area contributed by atoms with Gasteiger partial charge in [-0.2, -0.15) is 0 Å². The number of carbonyl (C=O) groups excluding carboxylic acids is 1. The van der Waals surface area contributed by atoms with Gasteiger partial charge < -0.3 is 15.1 Å². The summed E-state index contributed by atoms with van der Waals surface area (Å²) < 4.78 is 1.83. The maximum absolute atomic E-state index is 13.1. The molecule has 5 rings (SSSR count). The van der Waals surface area contributed by atoms with Crippen molar-refractivity contribution in [3.8, 4) is 5.69 Å². The smallest absolute Gasteiger partial charge is 0.278 e. The lowest BCUT2D eigenvalue weighted by Crippen LogP contribution is -2.45. The number of carbonyl (C=O) groups is 1. The van der Waals surface area contributed by atoms with Gasteiger partial charge in [-0.15, -0.1) is 5.10 Å². The van der Waals surface area contributed by atoms with Crippen LogP contribution in [-0.4, -0.2) is 70.5 Å². The van der Waals surface area contributed by atoms with Gasteiger partial charge in [-0.3, -0.25) is 4.79 Å². The second-order valence-corrected chi connectivity index (χ2v) is 9.39. The molecule has 2 fully saturated rings. The van der Waals surface area contributed by atoms with Gasteiger partial charge in [0.2, 0.25) is 0 Å². The van der Waals surface area contributed by atoms with E-state index in [2.05, 4.69) is 63.7 Å². The zero-order valence-electron chi connectivity index (χ0n) is 19.5. The van der Waals surface area contributed by atoms with Crippen LogP contribution in [0.5, 0.6) is 0 Å². The van der Waals surface area contributed by atoms with E-state index < -0.39 is 0 Å². The normalized spacial score (nSPS) is 17.3. The van der Waals surface area contributed by atoms with Crippen LogP contribution in [-0.2, 0) is 6.42 Å². The molecule has 33 heavy (non-hydrogen) atoms. The number of aryl methyl sites for hydroxylation is 1. The zero-order chi connectivity index (χ0) is 22.8. The molecule has 7 nitrogen and oxygen atoms in total. The molecular formula is C26H32N6O. The van der Waals surface area contributed by atoms with E-state index in [4.69, 9.17) is 0 Å². The first-order chi connectivity index (χ1) is 16.1. The minimum absolute atomic E-state index is 0.194. The van der Waals surface area contributed by atoms with Gasteiger partial charge in [0.05, 0.1) is 11.4 Å². The second-order valence-electron chi connectivity index (χ2n) is 9.39. The fourth-order valence-corrected chi connectivity index (χ4v) is 4.35. The third kappa shape index (κ3) is 5.15. The number of rotatable bonds is 7. The Kier molecular flexibility index (Phi) is 6.24. The molecule has 1 aliphatic carbocycles. The highest BCUT2D eigenvalue weighted by atomic mass is 16.2. The summed E-state index contributed by atoms with van der Waals surface area (Å²) >= 11 is 0. The molecule has 0 spiro atoms. The van der Waals surface area contributed by atoms with E-state index >= 15 is 0 Å². The number of piperazine rings is 1. The van der Waals surface area contributed by atoms with Gasteiger partial charge in [0.25, 0.3) is 5.91 Å². The highest BCUT2D eigenvalue weighted by Crippen LogP contribution is 2.42. The Bertz CT molecular complexity index is 1090. The Labute approximate surface area is 195 Å². The van der Waals surface area contributed by atoms with E-state index in [1.165, 1.54) is 11.1 Å². The SMILES string of the molecule is Cc1ccc(-n2nnc(C(=O)Nc3ccc(CCN4CCN(C)CC4)cc3)c2C2CC2)cc1. The summed E-state index contributed by atoms with van der Waals surface area (Å²) in [5.41, 5.74) is 5.55. The predicted molar refractivity (Wildman–Crippen MR) is 130 cm³/mol. The molecule has 0 radical (unpaired) electrons. The number of benzene rings is 2. The van der Waals surface area contributed by atoms with Crippen molar-refractivity contribution in [2.24, 2.45) is 0 Å². The monoisotopic (exact) mass is 444 g/mol. The van der Waals surface area contributed by atoms with Crippen LogP contribution in [0.3, 0.4) is 0 Å². The lowest BCUT2D eigenvalue weighted by molar-refractivity contribution is 0.102. The van der Waals surface area contributed by atoms with Crippen LogP contribution in [0.4, 0.5) is 5.69 Å². The third-order valence-electron chi connectivity index (χ3n) is 6.69. The van der Waals surface area contributed by atoms with Crippen molar-refractivity contribution < 1.29 is 4.79 Å². The van der Waals surface area contributed by atoms with Gasteiger partial charge in [0.15, 0.2) is 5.69 Å². The minimum atomic E-state index is -0.194. The predicted octanol–water partition coefficient (Wildman–Crippen LogP) is 3.50. The first-order valence-electron chi connectivity index (χ1n) is 11.9. The fourth-order valence-electron chi connectivity index (χ4n) is 4.35. The molecule has 2 aliphatic rings. The average molecular weight is 445 g/mol. The molecule has 1 N–H and O–H groups in total. The number of nitrogens with one attached hydrogen (secondary N) is 1. The van der Waals surface area contributed by atoms with Crippen molar-refractivity contribution in [2.75, 3.05) is 45.1 Å². The number of nitrogens with zero attached hydrogens (tertiary/aromatic N) is 5. The van der Waals surface area contributed by atoms with Crippen molar-refractivity contribution >= 4 is 11.6 Å². The number of hydrogen-bond donors (Lipinski definition) is 1. The van der Waals surface area contributed by atoms with Crippen molar-refractivity contribution in [3.05, 3.63) is 71.0 Å². The summed E-state index contributed by atoms with van der Waals surface area (Å²) in [5.74, 6) is 0.152. The lowest BCUT2D eigenvalue weighted by atomic mass is 10.1.